The van der Waals surface area contributed by atoms with Gasteiger partial charge in [-0.3, -0.25) is 9.59 Å². The second-order valence-corrected chi connectivity index (χ2v) is 21.0. The lowest BCUT2D eigenvalue weighted by molar-refractivity contribution is -0.143. The van der Waals surface area contributed by atoms with Crippen LogP contribution in [0.5, 0.6) is 0 Å². The zero-order valence-electron chi connectivity index (χ0n) is 45.9. The molecule has 0 aliphatic rings. The highest BCUT2D eigenvalue weighted by Crippen LogP contribution is 2.17. The van der Waals surface area contributed by atoms with Gasteiger partial charge in [-0.25, -0.2) is 0 Å². The summed E-state index contributed by atoms with van der Waals surface area (Å²) in [5, 5.41) is 23.2. The molecule has 0 aromatic rings. The third kappa shape index (κ3) is 53.7. The van der Waals surface area contributed by atoms with E-state index in [1.165, 1.54) is 257 Å². The summed E-state index contributed by atoms with van der Waals surface area (Å²) in [5.41, 5.74) is 0. The highest BCUT2D eigenvalue weighted by Gasteiger charge is 2.18. The molecule has 6 nitrogen and oxygen atoms in total. The zero-order valence-corrected chi connectivity index (χ0v) is 45.9. The molecular weight excluding hydrogens is 839 g/mol. The van der Waals surface area contributed by atoms with E-state index in [0.29, 0.717) is 19.4 Å². The molecule has 0 saturated carbocycles. The number of hydrogen-bond acceptors (Lipinski definition) is 5. The minimum atomic E-state index is -0.851. The molecule has 0 aromatic carbocycles. The first-order valence-electron chi connectivity index (χ1n) is 30.6. The van der Waals surface area contributed by atoms with Gasteiger partial charge in [0.2, 0.25) is 5.91 Å². The monoisotopic (exact) mass is 958 g/mol. The van der Waals surface area contributed by atoms with Gasteiger partial charge in [0, 0.05) is 12.8 Å². The number of hydrogen-bond donors (Lipinski definition) is 3. The molecule has 68 heavy (non-hydrogen) atoms. The third-order valence-corrected chi connectivity index (χ3v) is 14.2. The van der Waals surface area contributed by atoms with E-state index in [1.807, 2.05) is 6.08 Å². The molecule has 1 amide bonds. The van der Waals surface area contributed by atoms with Gasteiger partial charge < -0.3 is 20.3 Å². The van der Waals surface area contributed by atoms with Crippen LogP contribution in [0.25, 0.3) is 0 Å². The molecule has 0 aliphatic carbocycles. The van der Waals surface area contributed by atoms with Crippen LogP contribution in [0.1, 0.15) is 335 Å². The Hall–Kier alpha value is -1.66. The van der Waals surface area contributed by atoms with Gasteiger partial charge in [0.25, 0.3) is 0 Å². The minimum absolute atomic E-state index is 0.00722. The van der Waals surface area contributed by atoms with Crippen LogP contribution in [-0.4, -0.2) is 47.4 Å². The molecule has 6 heteroatoms. The van der Waals surface area contributed by atoms with Gasteiger partial charge in [-0.2, -0.15) is 0 Å². The molecular formula is C62H119NO5. The van der Waals surface area contributed by atoms with Crippen LogP contribution in [-0.2, 0) is 14.3 Å². The zero-order chi connectivity index (χ0) is 49.3. The number of nitrogens with one attached hydrogen (secondary N) is 1. The van der Waals surface area contributed by atoms with E-state index in [4.69, 9.17) is 4.74 Å². The van der Waals surface area contributed by atoms with Gasteiger partial charge in [-0.15, -0.1) is 0 Å². The lowest BCUT2D eigenvalue weighted by atomic mass is 10.0. The molecule has 0 fully saturated rings. The summed E-state index contributed by atoms with van der Waals surface area (Å²) in [6, 6.07) is -0.635. The van der Waals surface area contributed by atoms with E-state index in [1.54, 1.807) is 6.08 Å². The third-order valence-electron chi connectivity index (χ3n) is 14.2. The van der Waals surface area contributed by atoms with Crippen molar-refractivity contribution in [3.63, 3.8) is 0 Å². The number of aliphatic hydroxyl groups is 2. The Morgan fingerprint density at radius 3 is 1.04 bits per heavy atom. The lowest BCUT2D eigenvalue weighted by Crippen LogP contribution is -2.45. The fraction of sp³-hybridized carbons (Fsp3) is 0.903. The lowest BCUT2D eigenvalue weighted by Gasteiger charge is -2.20. The van der Waals surface area contributed by atoms with Crippen molar-refractivity contribution in [2.24, 2.45) is 0 Å². The summed E-state index contributed by atoms with van der Waals surface area (Å²) >= 11 is 0. The SMILES string of the molecule is CCCCCCCCC/C=C\CCCCCCCC(=O)OCCCCCCCCCCCCCCCCCC(=O)NC(CO)C(O)/C=C/CCCCCCCCCCCCCCCCCCCC. The Labute approximate surface area is 424 Å². The number of amides is 1. The molecule has 402 valence electrons. The van der Waals surface area contributed by atoms with Crippen molar-refractivity contribution in [3.05, 3.63) is 24.3 Å². The second-order valence-electron chi connectivity index (χ2n) is 21.0. The normalized spacial score (nSPS) is 12.7. The quantitative estimate of drug-likeness (QED) is 0.0321. The van der Waals surface area contributed by atoms with Crippen molar-refractivity contribution in [1.29, 1.82) is 0 Å². The Balaban J connectivity index is 3.46. The second kappa shape index (κ2) is 57.9. The number of carbonyl (C=O) groups is 2. The minimum Gasteiger partial charge on any atom is -0.466 e. The molecule has 0 aliphatic heterocycles. The molecule has 2 atom stereocenters. The van der Waals surface area contributed by atoms with Crippen LogP contribution in [0.2, 0.25) is 0 Å². The first kappa shape index (κ1) is 66.3. The van der Waals surface area contributed by atoms with Gasteiger partial charge in [0.15, 0.2) is 0 Å². The van der Waals surface area contributed by atoms with Crippen molar-refractivity contribution in [3.8, 4) is 0 Å². The molecule has 0 spiro atoms. The molecule has 0 saturated heterocycles. The largest absolute Gasteiger partial charge is 0.466 e. The predicted octanol–water partition coefficient (Wildman–Crippen LogP) is 19.0. The predicted molar refractivity (Wildman–Crippen MR) is 296 cm³/mol. The fourth-order valence-corrected chi connectivity index (χ4v) is 9.51. The number of unbranched alkanes of at least 4 members (excludes halogenated alkanes) is 44. The highest BCUT2D eigenvalue weighted by molar-refractivity contribution is 5.76. The molecule has 0 rings (SSSR count). The Morgan fingerprint density at radius 1 is 0.397 bits per heavy atom. The van der Waals surface area contributed by atoms with Crippen LogP contribution < -0.4 is 5.32 Å². The van der Waals surface area contributed by atoms with E-state index in [-0.39, 0.29) is 18.5 Å². The van der Waals surface area contributed by atoms with Crippen molar-refractivity contribution in [2.45, 2.75) is 347 Å². The molecule has 0 radical (unpaired) electrons. The summed E-state index contributed by atoms with van der Waals surface area (Å²) in [4.78, 5) is 24.6. The maximum Gasteiger partial charge on any atom is 0.305 e. The van der Waals surface area contributed by atoms with Crippen LogP contribution >= 0.6 is 0 Å². The Kier molecular flexibility index (Phi) is 56.5. The van der Waals surface area contributed by atoms with E-state index >= 15 is 0 Å². The van der Waals surface area contributed by atoms with Gasteiger partial charge >= 0.3 is 5.97 Å². The van der Waals surface area contributed by atoms with E-state index in [9.17, 15) is 19.8 Å². The van der Waals surface area contributed by atoms with Gasteiger partial charge in [0.1, 0.15) is 0 Å². The van der Waals surface area contributed by atoms with E-state index in [0.717, 1.165) is 51.4 Å². The standard InChI is InChI=1S/C62H119NO5/c1-3-5-7-9-11-13-15-17-19-21-22-23-24-26-30-34-38-42-46-50-54-60(65)59(58-64)63-61(66)55-51-47-43-39-35-31-27-25-29-33-37-41-45-49-53-57-68-62(67)56-52-48-44-40-36-32-28-20-18-16-14-12-10-8-6-4-2/h20,28,50,54,59-60,64-65H,3-19,21-27,29-49,51-53,55-58H2,1-2H3,(H,63,66)/b28-20-,54-50+. The number of rotatable bonds is 57. The van der Waals surface area contributed by atoms with Crippen LogP contribution in [0, 0.1) is 0 Å². The van der Waals surface area contributed by atoms with Crippen molar-refractivity contribution < 1.29 is 24.5 Å². The smallest absolute Gasteiger partial charge is 0.305 e. The maximum absolute atomic E-state index is 12.5. The van der Waals surface area contributed by atoms with Crippen molar-refractivity contribution in [2.75, 3.05) is 13.2 Å². The molecule has 2 unspecified atom stereocenters. The maximum atomic E-state index is 12.5. The first-order chi connectivity index (χ1) is 33.5. The average molecular weight is 959 g/mol. The first-order valence-corrected chi connectivity index (χ1v) is 30.6. The number of esters is 1. The molecule has 3 N–H and O–H groups in total. The van der Waals surface area contributed by atoms with Crippen molar-refractivity contribution >= 4 is 11.9 Å². The van der Waals surface area contributed by atoms with Gasteiger partial charge in [0.05, 0.1) is 25.4 Å². The summed E-state index contributed by atoms with van der Waals surface area (Å²) in [6.45, 7) is 4.90. The molecule has 0 heterocycles. The number of carbonyl (C=O) groups excluding carboxylic acids is 2. The number of aliphatic hydroxyl groups excluding tert-OH is 2. The van der Waals surface area contributed by atoms with Crippen LogP contribution in [0.15, 0.2) is 24.3 Å². The van der Waals surface area contributed by atoms with E-state index in [2.05, 4.69) is 31.3 Å². The molecule has 0 bridgehead atoms. The van der Waals surface area contributed by atoms with Gasteiger partial charge in [-0.1, -0.05) is 289 Å². The van der Waals surface area contributed by atoms with Crippen molar-refractivity contribution in [1.82, 2.24) is 5.32 Å². The fourth-order valence-electron chi connectivity index (χ4n) is 9.51. The van der Waals surface area contributed by atoms with Crippen LogP contribution in [0.4, 0.5) is 0 Å². The Bertz CT molecular complexity index is 1060. The summed E-state index contributed by atoms with van der Waals surface area (Å²) in [5.74, 6) is -0.0811. The number of allylic oxidation sites excluding steroid dienone is 3. The molecule has 0 aromatic heterocycles. The summed E-state index contributed by atoms with van der Waals surface area (Å²) < 4.78 is 5.48. The average Bonchev–Trinajstić information content (AvgIpc) is 3.34. The summed E-state index contributed by atoms with van der Waals surface area (Å²) in [6.07, 6.45) is 70.6. The van der Waals surface area contributed by atoms with E-state index < -0.39 is 12.1 Å². The van der Waals surface area contributed by atoms with Gasteiger partial charge in [-0.05, 0) is 57.8 Å². The topological polar surface area (TPSA) is 95.9 Å². The number of ether oxygens (including phenoxy) is 1. The van der Waals surface area contributed by atoms with Crippen LogP contribution in [0.3, 0.4) is 0 Å². The Morgan fingerprint density at radius 2 is 0.691 bits per heavy atom. The highest BCUT2D eigenvalue weighted by atomic mass is 16.5. The summed E-state index contributed by atoms with van der Waals surface area (Å²) in [7, 11) is 0.